The van der Waals surface area contributed by atoms with Crippen molar-refractivity contribution in [3.8, 4) is 0 Å². The van der Waals surface area contributed by atoms with Gasteiger partial charge in [0.15, 0.2) is 0 Å². The second-order valence-corrected chi connectivity index (χ2v) is 1.53. The van der Waals surface area contributed by atoms with E-state index in [2.05, 4.69) is 0 Å². The van der Waals surface area contributed by atoms with Gasteiger partial charge in [-0.2, -0.15) is 0 Å². The van der Waals surface area contributed by atoms with Crippen molar-refractivity contribution in [3.63, 3.8) is 0 Å². The molecule has 0 aromatic rings. The lowest BCUT2D eigenvalue weighted by molar-refractivity contribution is -0.143. The Morgan fingerprint density at radius 1 is 1.70 bits per heavy atom. The van der Waals surface area contributed by atoms with Crippen LogP contribution in [0.2, 0.25) is 0 Å². The first-order chi connectivity index (χ1) is 6.21. The molecule has 2 N–H and O–H groups in total. The van der Waals surface area contributed by atoms with Gasteiger partial charge in [-0.3, -0.25) is 4.79 Å². The van der Waals surface area contributed by atoms with E-state index in [1.807, 2.05) is 0 Å². The van der Waals surface area contributed by atoms with E-state index in [1.54, 1.807) is 0 Å². The van der Waals surface area contributed by atoms with Crippen molar-refractivity contribution in [2.45, 2.75) is 6.85 Å². The zero-order valence-electron chi connectivity index (χ0n) is 8.87. The lowest BCUT2D eigenvalue weighted by Crippen LogP contribution is -2.17. The minimum atomic E-state index is -2.98. The van der Waals surface area contributed by atoms with Crippen LogP contribution in [0.4, 0.5) is 0 Å². The Bertz CT molecular complexity index is 280. The molecule has 0 aromatic heterocycles. The highest BCUT2D eigenvalue weighted by Crippen LogP contribution is 2.07. The van der Waals surface area contributed by atoms with E-state index in [0.29, 0.717) is 0 Å². The summed E-state index contributed by atoms with van der Waals surface area (Å²) in [4.78, 5) is 20.9. The Morgan fingerprint density at radius 2 is 2.30 bits per heavy atom. The molecule has 0 aliphatic rings. The van der Waals surface area contributed by atoms with Crippen LogP contribution >= 0.6 is 0 Å². The Hall–Kier alpha value is -1.32. The highest BCUT2D eigenvalue weighted by molar-refractivity contribution is 5.92. The number of hydrogen-bond acceptors (Lipinski definition) is 2. The standard InChI is InChI=1S/C6H8O4/c1-3(5(7)8)4(2)6(9)10/h4H,1H2,2H3,(H,7,8)(H,9,10)/i1D,2D3. The number of hydrogen-bond donors (Lipinski definition) is 2. The van der Waals surface area contributed by atoms with E-state index < -0.39 is 30.3 Å². The fourth-order valence-electron chi connectivity index (χ4n) is 0.257. The summed E-state index contributed by atoms with van der Waals surface area (Å²) in [6.45, 7) is -2.75. The monoisotopic (exact) mass is 148 g/mol. The molecule has 0 spiro atoms. The van der Waals surface area contributed by atoms with Crippen molar-refractivity contribution >= 4 is 11.9 Å². The minimum absolute atomic E-state index is 0.230. The first kappa shape index (κ1) is 3.75. The third-order valence-corrected chi connectivity index (χ3v) is 0.805. The van der Waals surface area contributed by atoms with Crippen LogP contribution in [-0.2, 0) is 9.59 Å². The van der Waals surface area contributed by atoms with Gasteiger partial charge in [0.2, 0.25) is 0 Å². The molecule has 4 heteroatoms. The zero-order chi connectivity index (χ0) is 11.5. The Labute approximate surface area is 63.4 Å². The van der Waals surface area contributed by atoms with E-state index in [-0.39, 0.29) is 6.55 Å². The third-order valence-electron chi connectivity index (χ3n) is 0.805. The fourth-order valence-corrected chi connectivity index (χ4v) is 0.257. The molecule has 1 unspecified atom stereocenters. The average molecular weight is 148 g/mol. The van der Waals surface area contributed by atoms with Gasteiger partial charge in [-0.05, 0) is 6.85 Å². The van der Waals surface area contributed by atoms with Crippen molar-refractivity contribution in [2.75, 3.05) is 0 Å². The lowest BCUT2D eigenvalue weighted by atomic mass is 10.0. The smallest absolute Gasteiger partial charge is 0.331 e. The van der Waals surface area contributed by atoms with Gasteiger partial charge in [0.05, 0.1) is 7.29 Å². The van der Waals surface area contributed by atoms with Crippen LogP contribution in [-0.4, -0.2) is 22.2 Å². The van der Waals surface area contributed by atoms with Crippen LogP contribution in [0.5, 0.6) is 0 Å². The summed E-state index contributed by atoms with van der Waals surface area (Å²) < 4.78 is 27.1. The quantitative estimate of drug-likeness (QED) is 0.566. The maximum Gasteiger partial charge on any atom is 0.331 e. The summed E-state index contributed by atoms with van der Waals surface area (Å²) in [6.07, 6.45) is 0. The second-order valence-electron chi connectivity index (χ2n) is 1.53. The largest absolute Gasteiger partial charge is 0.481 e. The molecule has 0 rings (SSSR count). The van der Waals surface area contributed by atoms with Crippen molar-refractivity contribution < 1.29 is 25.3 Å². The summed E-state index contributed by atoms with van der Waals surface area (Å²) in [5, 5.41) is 17.0. The molecule has 0 saturated heterocycles. The second kappa shape index (κ2) is 3.00. The van der Waals surface area contributed by atoms with Crippen molar-refractivity contribution in [1.29, 1.82) is 0 Å². The van der Waals surface area contributed by atoms with E-state index in [9.17, 15) is 9.59 Å². The van der Waals surface area contributed by atoms with Crippen molar-refractivity contribution in [2.24, 2.45) is 5.92 Å². The number of rotatable bonds is 3. The number of aliphatic carboxylic acids is 2. The van der Waals surface area contributed by atoms with Crippen LogP contribution in [0.15, 0.2) is 12.1 Å². The maximum absolute atomic E-state index is 10.5. The molecule has 10 heavy (non-hydrogen) atoms. The Morgan fingerprint density at radius 3 is 2.40 bits per heavy atom. The highest BCUT2D eigenvalue weighted by atomic mass is 16.4. The number of carbonyl (C=O) groups is 2. The third kappa shape index (κ3) is 1.89. The van der Waals surface area contributed by atoms with E-state index in [1.165, 1.54) is 0 Å². The normalized spacial score (nSPS) is 21.4. The topological polar surface area (TPSA) is 74.6 Å². The molecule has 0 radical (unpaired) electrons. The van der Waals surface area contributed by atoms with Gasteiger partial charge < -0.3 is 10.2 Å². The Balaban J connectivity index is 5.22. The van der Waals surface area contributed by atoms with Gasteiger partial charge in [-0.1, -0.05) is 6.55 Å². The Kier molecular flexibility index (Phi) is 1.13. The summed E-state index contributed by atoms with van der Waals surface area (Å²) in [7, 11) is 0. The molecule has 0 aromatic carbocycles. The molecule has 0 aliphatic carbocycles. The van der Waals surface area contributed by atoms with Crippen LogP contribution in [0.1, 0.15) is 12.3 Å². The predicted octanol–water partition coefficient (Wildman–Crippen LogP) is 0.348. The number of carboxylic acids is 2. The van der Waals surface area contributed by atoms with Crippen LogP contribution in [0.25, 0.3) is 0 Å². The molecular formula is C6H8O4. The van der Waals surface area contributed by atoms with Gasteiger partial charge >= 0.3 is 11.9 Å². The van der Waals surface area contributed by atoms with Crippen molar-refractivity contribution in [3.05, 3.63) is 12.1 Å². The number of carboxylic acid groups (broad SMARTS) is 2. The molecule has 0 fully saturated rings. The first-order valence-corrected chi connectivity index (χ1v) is 2.26. The van der Waals surface area contributed by atoms with Gasteiger partial charge in [-0.25, -0.2) is 4.79 Å². The predicted molar refractivity (Wildman–Crippen MR) is 33.6 cm³/mol. The van der Waals surface area contributed by atoms with E-state index in [4.69, 9.17) is 15.7 Å². The summed E-state index contributed by atoms with van der Waals surface area (Å²) in [6, 6.07) is 0. The van der Waals surface area contributed by atoms with E-state index >= 15 is 0 Å². The molecule has 4 nitrogen and oxygen atoms in total. The maximum atomic E-state index is 10.5. The zero-order valence-corrected chi connectivity index (χ0v) is 4.87. The molecule has 0 saturated carbocycles. The summed E-state index contributed by atoms with van der Waals surface area (Å²) in [5.74, 6) is -5.67. The van der Waals surface area contributed by atoms with Crippen LogP contribution in [0, 0.1) is 5.92 Å². The highest BCUT2D eigenvalue weighted by Gasteiger charge is 2.19. The molecule has 56 valence electrons. The molecule has 0 bridgehead atoms. The average Bonchev–Trinajstić information content (AvgIpc) is 1.95. The summed E-state index contributed by atoms with van der Waals surface area (Å²) >= 11 is 0. The van der Waals surface area contributed by atoms with Gasteiger partial charge in [0, 0.05) is 9.69 Å². The van der Waals surface area contributed by atoms with Gasteiger partial charge in [0.25, 0.3) is 0 Å². The lowest BCUT2D eigenvalue weighted by Gasteiger charge is -2.03. The van der Waals surface area contributed by atoms with Crippen LogP contribution < -0.4 is 0 Å². The molecular weight excluding hydrogens is 136 g/mol. The fraction of sp³-hybridized carbons (Fsp3) is 0.333. The molecule has 1 atom stereocenters. The molecule has 0 heterocycles. The van der Waals surface area contributed by atoms with E-state index in [0.717, 1.165) is 0 Å². The van der Waals surface area contributed by atoms with Crippen molar-refractivity contribution in [1.82, 2.24) is 0 Å². The van der Waals surface area contributed by atoms with Gasteiger partial charge in [-0.15, -0.1) is 0 Å². The first-order valence-electron chi connectivity index (χ1n) is 4.34. The van der Waals surface area contributed by atoms with Crippen LogP contribution in [0.3, 0.4) is 0 Å². The minimum Gasteiger partial charge on any atom is -0.481 e. The van der Waals surface area contributed by atoms with Gasteiger partial charge in [0.1, 0.15) is 0 Å². The molecule has 0 aliphatic heterocycles. The SMILES string of the molecule is [2H]C=C(C(=O)O)C(C(=O)O)C([2H])([2H])[2H]. The molecule has 0 amide bonds. The summed E-state index contributed by atoms with van der Waals surface area (Å²) in [5.41, 5.74) is -0.961.